The number of carbonyl (C=O) groups is 1. The number of carbonyl (C=O) groups excluding carboxylic acids is 1. The van der Waals surface area contributed by atoms with Gasteiger partial charge in [0.2, 0.25) is 5.91 Å². The first kappa shape index (κ1) is 19.6. The molecule has 2 atom stereocenters. The number of nitrogens with zero attached hydrogens (tertiary/aromatic N) is 1. The second-order valence-corrected chi connectivity index (χ2v) is 8.32. The number of halogens is 2. The topological polar surface area (TPSA) is 98.7 Å². The summed E-state index contributed by atoms with van der Waals surface area (Å²) in [6, 6.07) is 8.13. The van der Waals surface area contributed by atoms with Gasteiger partial charge in [0.1, 0.15) is 17.6 Å². The molecule has 0 unspecified atom stereocenters. The number of likely N-dealkylation sites (N-methyl/N-ethyl adjacent to an activating group) is 1. The summed E-state index contributed by atoms with van der Waals surface area (Å²) in [6.07, 6.45) is 0.168. The Hall–Kier alpha value is -2.20. The van der Waals surface area contributed by atoms with Crippen LogP contribution in [0.3, 0.4) is 0 Å². The Bertz CT molecular complexity index is 969. The van der Waals surface area contributed by atoms with E-state index in [0.29, 0.717) is 5.56 Å². The van der Waals surface area contributed by atoms with Gasteiger partial charge in [0.15, 0.2) is 0 Å². The molecule has 3 rings (SSSR count). The van der Waals surface area contributed by atoms with Gasteiger partial charge in [-0.05, 0) is 42.3 Å². The number of anilines is 1. The van der Waals surface area contributed by atoms with Crippen LogP contribution in [0.4, 0.5) is 10.1 Å². The van der Waals surface area contributed by atoms with Crippen molar-refractivity contribution in [2.75, 3.05) is 12.4 Å². The van der Waals surface area contributed by atoms with Crippen LogP contribution in [0.2, 0.25) is 5.02 Å². The van der Waals surface area contributed by atoms with Crippen molar-refractivity contribution in [3.63, 3.8) is 0 Å². The van der Waals surface area contributed by atoms with E-state index in [4.69, 9.17) is 11.6 Å². The standard InChI is InChI=1S/C17H17ClFN3O4S/c1-22-16(17(24)20-11-4-7-14(19)13(18)8-11)9-15(21-27(22,25)26)10-2-5-12(23)6-3-10/h2-8,15-16,21,23H,9H2,1H3,(H,20,24)/t15-,16+/m1/s1. The number of phenolic OH excluding ortho intramolecular Hbond substituents is 1. The van der Waals surface area contributed by atoms with Crippen LogP contribution >= 0.6 is 11.6 Å². The van der Waals surface area contributed by atoms with Gasteiger partial charge < -0.3 is 10.4 Å². The number of rotatable bonds is 3. The van der Waals surface area contributed by atoms with Crippen LogP contribution in [0.1, 0.15) is 18.0 Å². The SMILES string of the molecule is CN1[C@H](C(=O)Nc2ccc(F)c(Cl)c2)C[C@H](c2ccc(O)cc2)NS1(=O)=O. The third kappa shape index (κ3) is 4.22. The van der Waals surface area contributed by atoms with E-state index in [1.165, 1.54) is 31.3 Å². The van der Waals surface area contributed by atoms with E-state index in [0.717, 1.165) is 10.4 Å². The van der Waals surface area contributed by atoms with Crippen LogP contribution in [0.15, 0.2) is 42.5 Å². The number of amides is 1. The molecule has 0 bridgehead atoms. The minimum atomic E-state index is -3.90. The van der Waals surface area contributed by atoms with Crippen molar-refractivity contribution in [3.05, 3.63) is 58.9 Å². The smallest absolute Gasteiger partial charge is 0.280 e. The summed E-state index contributed by atoms with van der Waals surface area (Å²) >= 11 is 5.71. The Morgan fingerprint density at radius 1 is 1.30 bits per heavy atom. The number of benzene rings is 2. The van der Waals surface area contributed by atoms with E-state index >= 15 is 0 Å². The predicted molar refractivity (Wildman–Crippen MR) is 99.1 cm³/mol. The van der Waals surface area contributed by atoms with Gasteiger partial charge in [-0.1, -0.05) is 23.7 Å². The monoisotopic (exact) mass is 413 g/mol. The summed E-state index contributed by atoms with van der Waals surface area (Å²) in [5.41, 5.74) is 0.879. The first-order valence-corrected chi connectivity index (χ1v) is 9.79. The van der Waals surface area contributed by atoms with Crippen LogP contribution in [-0.2, 0) is 15.0 Å². The molecule has 3 N–H and O–H groups in total. The van der Waals surface area contributed by atoms with E-state index in [9.17, 15) is 22.7 Å². The molecule has 1 fully saturated rings. The molecule has 0 aliphatic carbocycles. The van der Waals surface area contributed by atoms with Crippen LogP contribution in [0.5, 0.6) is 5.75 Å². The van der Waals surface area contributed by atoms with Gasteiger partial charge in [-0.15, -0.1) is 0 Å². The quantitative estimate of drug-likeness (QED) is 0.719. The number of phenols is 1. The molecule has 10 heteroatoms. The zero-order valence-electron chi connectivity index (χ0n) is 14.2. The van der Waals surface area contributed by atoms with Crippen molar-refractivity contribution in [1.29, 1.82) is 0 Å². The van der Waals surface area contributed by atoms with Crippen LogP contribution in [0, 0.1) is 5.82 Å². The number of nitrogens with one attached hydrogen (secondary N) is 2. The lowest BCUT2D eigenvalue weighted by Crippen LogP contribution is -2.55. The highest BCUT2D eigenvalue weighted by Gasteiger charge is 2.40. The van der Waals surface area contributed by atoms with Gasteiger partial charge in [-0.2, -0.15) is 17.4 Å². The highest BCUT2D eigenvalue weighted by molar-refractivity contribution is 7.87. The van der Waals surface area contributed by atoms with E-state index in [1.807, 2.05) is 0 Å². The molecule has 1 aliphatic heterocycles. The Morgan fingerprint density at radius 2 is 1.96 bits per heavy atom. The highest BCUT2D eigenvalue weighted by Crippen LogP contribution is 2.29. The fourth-order valence-corrected chi connectivity index (χ4v) is 4.29. The van der Waals surface area contributed by atoms with Crippen molar-refractivity contribution in [1.82, 2.24) is 9.03 Å². The molecule has 144 valence electrons. The predicted octanol–water partition coefficient (Wildman–Crippen LogP) is 2.40. The first-order valence-electron chi connectivity index (χ1n) is 7.97. The fraction of sp³-hybridized carbons (Fsp3) is 0.235. The Balaban J connectivity index is 1.84. The second-order valence-electron chi connectivity index (χ2n) is 6.15. The van der Waals surface area contributed by atoms with Gasteiger partial charge in [0.05, 0.1) is 5.02 Å². The van der Waals surface area contributed by atoms with Crippen molar-refractivity contribution in [3.8, 4) is 5.75 Å². The third-order valence-corrected chi connectivity index (χ3v) is 6.24. The van der Waals surface area contributed by atoms with E-state index in [2.05, 4.69) is 10.0 Å². The number of hydrogen-bond acceptors (Lipinski definition) is 4. The van der Waals surface area contributed by atoms with Gasteiger partial charge in [-0.25, -0.2) is 4.39 Å². The van der Waals surface area contributed by atoms with Crippen molar-refractivity contribution in [2.45, 2.75) is 18.5 Å². The molecule has 1 amide bonds. The summed E-state index contributed by atoms with van der Waals surface area (Å²) in [4.78, 5) is 12.7. The summed E-state index contributed by atoms with van der Waals surface area (Å²) in [6.45, 7) is 0. The molecule has 0 radical (unpaired) electrons. The maximum absolute atomic E-state index is 13.3. The van der Waals surface area contributed by atoms with E-state index in [1.54, 1.807) is 12.1 Å². The summed E-state index contributed by atoms with van der Waals surface area (Å²) in [7, 11) is -2.59. The summed E-state index contributed by atoms with van der Waals surface area (Å²) in [5, 5.41) is 11.8. The van der Waals surface area contributed by atoms with Gasteiger partial charge >= 0.3 is 0 Å². The second kappa shape index (κ2) is 7.43. The van der Waals surface area contributed by atoms with Crippen LogP contribution < -0.4 is 10.0 Å². The normalized spacial score (nSPS) is 22.3. The number of hydrogen-bond donors (Lipinski definition) is 3. The van der Waals surface area contributed by atoms with Crippen LogP contribution in [-0.4, -0.2) is 36.8 Å². The van der Waals surface area contributed by atoms with Crippen molar-refractivity contribution < 1.29 is 22.7 Å². The van der Waals surface area contributed by atoms with Crippen molar-refractivity contribution >= 4 is 33.4 Å². The molecule has 1 saturated heterocycles. The molecule has 7 nitrogen and oxygen atoms in total. The Labute approximate surface area is 160 Å². The number of aromatic hydroxyl groups is 1. The zero-order valence-corrected chi connectivity index (χ0v) is 15.8. The first-order chi connectivity index (χ1) is 12.7. The molecular formula is C17H17ClFN3O4S. The van der Waals surface area contributed by atoms with Crippen molar-refractivity contribution in [2.24, 2.45) is 0 Å². The molecule has 0 aromatic heterocycles. The average molecular weight is 414 g/mol. The summed E-state index contributed by atoms with van der Waals surface area (Å²) < 4.78 is 41.5. The Morgan fingerprint density at radius 3 is 2.59 bits per heavy atom. The maximum atomic E-state index is 13.3. The molecule has 0 spiro atoms. The lowest BCUT2D eigenvalue weighted by molar-refractivity contribution is -0.120. The van der Waals surface area contributed by atoms with Gasteiger partial charge in [-0.3, -0.25) is 4.79 Å². The van der Waals surface area contributed by atoms with Gasteiger partial charge in [0.25, 0.3) is 10.2 Å². The molecule has 0 saturated carbocycles. The Kier molecular flexibility index (Phi) is 5.38. The minimum absolute atomic E-state index is 0.0528. The molecule has 2 aromatic rings. The van der Waals surface area contributed by atoms with E-state index < -0.39 is 34.0 Å². The molecular weight excluding hydrogens is 397 g/mol. The minimum Gasteiger partial charge on any atom is -0.508 e. The zero-order chi connectivity index (χ0) is 19.8. The molecule has 1 aliphatic rings. The van der Waals surface area contributed by atoms with Gasteiger partial charge in [0, 0.05) is 18.8 Å². The fourth-order valence-electron chi connectivity index (χ4n) is 2.83. The summed E-state index contributed by atoms with van der Waals surface area (Å²) in [5.74, 6) is -1.13. The third-order valence-electron chi connectivity index (χ3n) is 4.35. The molecule has 27 heavy (non-hydrogen) atoms. The average Bonchev–Trinajstić information content (AvgIpc) is 2.61. The lowest BCUT2D eigenvalue weighted by atomic mass is 9.99. The highest BCUT2D eigenvalue weighted by atomic mass is 35.5. The largest absolute Gasteiger partial charge is 0.508 e. The maximum Gasteiger partial charge on any atom is 0.280 e. The molecule has 1 heterocycles. The van der Waals surface area contributed by atoms with Crippen LogP contribution in [0.25, 0.3) is 0 Å². The lowest BCUT2D eigenvalue weighted by Gasteiger charge is -2.36. The molecule has 2 aromatic carbocycles. The van der Waals surface area contributed by atoms with E-state index in [-0.39, 0.29) is 22.9 Å².